The number of nitrogens with one attached hydrogen (secondary N) is 1. The van der Waals surface area contributed by atoms with Gasteiger partial charge < -0.3 is 14.1 Å². The van der Waals surface area contributed by atoms with Crippen molar-refractivity contribution in [3.63, 3.8) is 0 Å². The molecule has 8 nitrogen and oxygen atoms in total. The van der Waals surface area contributed by atoms with E-state index < -0.39 is 22.1 Å². The van der Waals surface area contributed by atoms with Gasteiger partial charge in [-0.05, 0) is 68.3 Å². The van der Waals surface area contributed by atoms with Crippen LogP contribution in [-0.4, -0.2) is 32.4 Å². The molecule has 2 aromatic carbocycles. The molecule has 2 heterocycles. The van der Waals surface area contributed by atoms with Crippen LogP contribution in [0.4, 0.5) is 5.69 Å². The van der Waals surface area contributed by atoms with Gasteiger partial charge in [0.05, 0.1) is 23.3 Å². The molecular formula is C24H24N2O6S. The Kier molecular flexibility index (Phi) is 6.35. The lowest BCUT2D eigenvalue weighted by Crippen LogP contribution is -2.43. The molecule has 2 atom stereocenters. The molecule has 0 fully saturated rings. The monoisotopic (exact) mass is 468 g/mol. The Morgan fingerprint density at radius 2 is 1.85 bits per heavy atom. The van der Waals surface area contributed by atoms with Crippen LogP contribution in [0.2, 0.25) is 0 Å². The van der Waals surface area contributed by atoms with E-state index in [1.54, 1.807) is 17.0 Å². The van der Waals surface area contributed by atoms with Crippen LogP contribution in [0.1, 0.15) is 35.5 Å². The lowest BCUT2D eigenvalue weighted by molar-refractivity contribution is -0.126. The van der Waals surface area contributed by atoms with Crippen molar-refractivity contribution in [2.45, 2.75) is 43.9 Å². The number of anilines is 1. The molecule has 1 N–H and O–H groups in total. The Balaban J connectivity index is 1.40. The first-order valence-corrected chi connectivity index (χ1v) is 12.0. The van der Waals surface area contributed by atoms with Gasteiger partial charge in [-0.1, -0.05) is 18.2 Å². The summed E-state index contributed by atoms with van der Waals surface area (Å²) in [6.07, 6.45) is 1.20. The van der Waals surface area contributed by atoms with Crippen molar-refractivity contribution >= 4 is 27.6 Å². The van der Waals surface area contributed by atoms with Crippen LogP contribution in [0.15, 0.2) is 76.2 Å². The van der Waals surface area contributed by atoms with E-state index in [0.29, 0.717) is 5.76 Å². The smallest absolute Gasteiger partial charge is 0.338 e. The number of esters is 1. The molecule has 0 saturated heterocycles. The number of carbonyl (C=O) groups excluding carboxylic acids is 2. The van der Waals surface area contributed by atoms with Gasteiger partial charge in [0.25, 0.3) is 5.91 Å². The van der Waals surface area contributed by atoms with E-state index in [4.69, 9.17) is 9.15 Å². The minimum atomic E-state index is -3.78. The van der Waals surface area contributed by atoms with Crippen molar-refractivity contribution in [2.24, 2.45) is 0 Å². The van der Waals surface area contributed by atoms with Gasteiger partial charge in [0.15, 0.2) is 6.10 Å². The lowest BCUT2D eigenvalue weighted by atomic mass is 10.1. The number of fused-ring (bicyclic) bond motifs is 1. The highest BCUT2D eigenvalue weighted by atomic mass is 32.2. The standard InChI is InChI=1S/C24H24N2O6S/c1-16-14-19-6-3-4-8-22(19)26(16)23(27)17(2)32-24(28)18-9-11-21(12-10-18)33(29,30)25-15-20-7-5-13-31-20/h3-13,16-17,25H,14-15H2,1-2H3/t16-,17+/m0/s1. The van der Waals surface area contributed by atoms with Crippen molar-refractivity contribution in [3.8, 4) is 0 Å². The molecule has 4 rings (SSSR count). The highest BCUT2D eigenvalue weighted by molar-refractivity contribution is 7.89. The zero-order valence-corrected chi connectivity index (χ0v) is 19.0. The molecule has 1 aliphatic rings. The van der Waals surface area contributed by atoms with Crippen molar-refractivity contribution in [2.75, 3.05) is 4.90 Å². The number of benzene rings is 2. The minimum Gasteiger partial charge on any atom is -0.468 e. The van der Waals surface area contributed by atoms with Crippen LogP contribution in [0.5, 0.6) is 0 Å². The molecule has 1 aromatic heterocycles. The summed E-state index contributed by atoms with van der Waals surface area (Å²) in [4.78, 5) is 27.2. The van der Waals surface area contributed by atoms with Crippen molar-refractivity contribution in [3.05, 3.63) is 83.8 Å². The number of rotatable bonds is 7. The quantitative estimate of drug-likeness (QED) is 0.534. The van der Waals surface area contributed by atoms with E-state index >= 15 is 0 Å². The van der Waals surface area contributed by atoms with Gasteiger partial charge in [-0.15, -0.1) is 0 Å². The van der Waals surface area contributed by atoms with Gasteiger partial charge in [-0.2, -0.15) is 0 Å². The van der Waals surface area contributed by atoms with Gasteiger partial charge >= 0.3 is 5.97 Å². The fraction of sp³-hybridized carbons (Fsp3) is 0.250. The number of sulfonamides is 1. The molecule has 172 valence electrons. The summed E-state index contributed by atoms with van der Waals surface area (Å²) in [5.41, 5.74) is 2.05. The second-order valence-electron chi connectivity index (χ2n) is 7.87. The fourth-order valence-electron chi connectivity index (χ4n) is 3.81. The lowest BCUT2D eigenvalue weighted by Gasteiger charge is -2.26. The molecule has 33 heavy (non-hydrogen) atoms. The third-order valence-corrected chi connectivity index (χ3v) is 6.91. The molecule has 0 bridgehead atoms. The summed E-state index contributed by atoms with van der Waals surface area (Å²) < 4.78 is 37.8. The summed E-state index contributed by atoms with van der Waals surface area (Å²) in [6.45, 7) is 3.49. The largest absolute Gasteiger partial charge is 0.468 e. The molecule has 3 aromatic rings. The molecule has 9 heteroatoms. The molecule has 0 unspecified atom stereocenters. The van der Waals surface area contributed by atoms with E-state index in [1.807, 2.05) is 31.2 Å². The molecule has 1 aliphatic heterocycles. The van der Waals surface area contributed by atoms with Crippen LogP contribution >= 0.6 is 0 Å². The summed E-state index contributed by atoms with van der Waals surface area (Å²) in [5, 5.41) is 0. The Morgan fingerprint density at radius 1 is 1.12 bits per heavy atom. The van der Waals surface area contributed by atoms with Gasteiger partial charge in [-0.3, -0.25) is 4.79 Å². The molecular weight excluding hydrogens is 444 g/mol. The third kappa shape index (κ3) is 4.84. The number of hydrogen-bond donors (Lipinski definition) is 1. The highest BCUT2D eigenvalue weighted by Crippen LogP contribution is 2.32. The SMILES string of the molecule is C[C@@H](OC(=O)c1ccc(S(=O)(=O)NCc2ccco2)cc1)C(=O)N1c2ccccc2C[C@@H]1C. The number of hydrogen-bond acceptors (Lipinski definition) is 6. The normalized spacial score (nSPS) is 16.3. The van der Waals surface area contributed by atoms with E-state index in [9.17, 15) is 18.0 Å². The summed E-state index contributed by atoms with van der Waals surface area (Å²) >= 11 is 0. The Bertz CT molecular complexity index is 1250. The zero-order valence-electron chi connectivity index (χ0n) is 18.2. The van der Waals surface area contributed by atoms with Crippen LogP contribution in [0.25, 0.3) is 0 Å². The van der Waals surface area contributed by atoms with Crippen LogP contribution < -0.4 is 9.62 Å². The zero-order chi connectivity index (χ0) is 23.6. The predicted octanol–water partition coefficient (Wildman–Crippen LogP) is 3.28. The van der Waals surface area contributed by atoms with Crippen LogP contribution in [-0.2, 0) is 32.5 Å². The van der Waals surface area contributed by atoms with Crippen molar-refractivity contribution in [1.82, 2.24) is 4.72 Å². The molecule has 1 amide bonds. The maximum atomic E-state index is 13.0. The maximum absolute atomic E-state index is 13.0. The fourth-order valence-corrected chi connectivity index (χ4v) is 4.80. The first-order chi connectivity index (χ1) is 15.8. The van der Waals surface area contributed by atoms with Gasteiger partial charge in [0, 0.05) is 11.7 Å². The van der Waals surface area contributed by atoms with E-state index in [-0.39, 0.29) is 29.0 Å². The number of nitrogens with zero attached hydrogens (tertiary/aromatic N) is 1. The number of carbonyl (C=O) groups is 2. The average molecular weight is 469 g/mol. The van der Waals surface area contributed by atoms with Crippen LogP contribution in [0.3, 0.4) is 0 Å². The summed E-state index contributed by atoms with van der Waals surface area (Å²) in [5.74, 6) is -0.530. The third-order valence-electron chi connectivity index (χ3n) is 5.49. The van der Waals surface area contributed by atoms with Crippen molar-refractivity contribution in [1.29, 1.82) is 0 Å². The number of ether oxygens (including phenoxy) is 1. The second-order valence-corrected chi connectivity index (χ2v) is 9.63. The van der Waals surface area contributed by atoms with Crippen molar-refractivity contribution < 1.29 is 27.2 Å². The number of para-hydroxylation sites is 1. The van der Waals surface area contributed by atoms with Gasteiger partial charge in [0.2, 0.25) is 10.0 Å². The molecule has 0 radical (unpaired) electrons. The predicted molar refractivity (Wildman–Crippen MR) is 121 cm³/mol. The first-order valence-electron chi connectivity index (χ1n) is 10.5. The Labute approximate surface area is 192 Å². The molecule has 0 saturated carbocycles. The molecule has 0 spiro atoms. The number of furan rings is 1. The summed E-state index contributed by atoms with van der Waals surface area (Å²) in [6, 6.07) is 16.3. The van der Waals surface area contributed by atoms with Gasteiger partial charge in [0.1, 0.15) is 5.76 Å². The summed E-state index contributed by atoms with van der Waals surface area (Å²) in [7, 11) is -3.78. The minimum absolute atomic E-state index is 0.00257. The van der Waals surface area contributed by atoms with E-state index in [0.717, 1.165) is 17.7 Å². The van der Waals surface area contributed by atoms with E-state index in [2.05, 4.69) is 4.72 Å². The van der Waals surface area contributed by atoms with E-state index in [1.165, 1.54) is 37.5 Å². The van der Waals surface area contributed by atoms with Crippen LogP contribution in [0, 0.1) is 0 Å². The maximum Gasteiger partial charge on any atom is 0.338 e. The topological polar surface area (TPSA) is 106 Å². The highest BCUT2D eigenvalue weighted by Gasteiger charge is 2.34. The average Bonchev–Trinajstić information content (AvgIpc) is 3.44. The number of amides is 1. The molecule has 0 aliphatic carbocycles. The Morgan fingerprint density at radius 3 is 2.55 bits per heavy atom. The second kappa shape index (κ2) is 9.21. The van der Waals surface area contributed by atoms with Gasteiger partial charge in [-0.25, -0.2) is 17.9 Å². The first kappa shape index (κ1) is 22.8. The Hall–Kier alpha value is -3.43.